The van der Waals surface area contributed by atoms with Crippen molar-refractivity contribution in [1.82, 2.24) is 15.1 Å². The van der Waals surface area contributed by atoms with Crippen molar-refractivity contribution in [3.63, 3.8) is 0 Å². The molecule has 1 saturated heterocycles. The number of hydrogen-bond donors (Lipinski definition) is 1. The van der Waals surface area contributed by atoms with Crippen molar-refractivity contribution < 1.29 is 18.4 Å². The van der Waals surface area contributed by atoms with Crippen LogP contribution in [0.15, 0.2) is 18.2 Å². The summed E-state index contributed by atoms with van der Waals surface area (Å²) in [6.45, 7) is 1.66. The Hall–Kier alpha value is -2.02. The van der Waals surface area contributed by atoms with E-state index in [1.54, 1.807) is 19.0 Å². The van der Waals surface area contributed by atoms with E-state index >= 15 is 0 Å². The molecule has 2 amide bonds. The molecule has 0 bridgehead atoms. The maximum atomic E-state index is 14.0. The molecule has 0 saturated carbocycles. The predicted octanol–water partition coefficient (Wildman–Crippen LogP) is 1.70. The van der Waals surface area contributed by atoms with Crippen molar-refractivity contribution in [2.45, 2.75) is 25.3 Å². The van der Waals surface area contributed by atoms with Crippen molar-refractivity contribution in [3.05, 3.63) is 35.4 Å². The van der Waals surface area contributed by atoms with Crippen LogP contribution >= 0.6 is 0 Å². The molecule has 1 heterocycles. The van der Waals surface area contributed by atoms with Crippen LogP contribution in [0.1, 0.15) is 30.9 Å². The highest BCUT2D eigenvalue weighted by Gasteiger charge is 2.29. The van der Waals surface area contributed by atoms with E-state index in [9.17, 15) is 18.4 Å². The number of halogens is 2. The smallest absolute Gasteiger partial charge is 0.242 e. The lowest BCUT2D eigenvalue weighted by molar-refractivity contribution is -0.130. The molecule has 1 N–H and O–H groups in total. The van der Waals surface area contributed by atoms with E-state index in [2.05, 4.69) is 5.32 Å². The zero-order valence-corrected chi connectivity index (χ0v) is 14.0. The fourth-order valence-corrected chi connectivity index (χ4v) is 2.91. The molecule has 1 aliphatic heterocycles. The molecule has 5 nitrogen and oxygen atoms in total. The summed E-state index contributed by atoms with van der Waals surface area (Å²) in [5.41, 5.74) is -0.286. The summed E-state index contributed by atoms with van der Waals surface area (Å²) < 4.78 is 27.9. The van der Waals surface area contributed by atoms with Crippen LogP contribution in [-0.4, -0.2) is 55.3 Å². The third kappa shape index (κ3) is 4.29. The highest BCUT2D eigenvalue weighted by molar-refractivity contribution is 5.84. The zero-order valence-electron chi connectivity index (χ0n) is 14.0. The van der Waals surface area contributed by atoms with Gasteiger partial charge in [-0.15, -0.1) is 0 Å². The first-order chi connectivity index (χ1) is 11.4. The van der Waals surface area contributed by atoms with Gasteiger partial charge in [0.2, 0.25) is 11.8 Å². The first kappa shape index (κ1) is 18.3. The van der Waals surface area contributed by atoms with Crippen LogP contribution in [-0.2, 0) is 9.59 Å². The summed E-state index contributed by atoms with van der Waals surface area (Å²) in [6, 6.07) is 2.42. The second-order valence-corrected chi connectivity index (χ2v) is 6.13. The Morgan fingerprint density at radius 1 is 1.21 bits per heavy atom. The van der Waals surface area contributed by atoms with Gasteiger partial charge in [0.1, 0.15) is 17.7 Å². The molecule has 24 heavy (non-hydrogen) atoms. The predicted molar refractivity (Wildman–Crippen MR) is 86.2 cm³/mol. The van der Waals surface area contributed by atoms with Crippen molar-refractivity contribution in [2.24, 2.45) is 0 Å². The van der Waals surface area contributed by atoms with Gasteiger partial charge in [-0.2, -0.15) is 0 Å². The van der Waals surface area contributed by atoms with E-state index in [-0.39, 0.29) is 24.4 Å². The summed E-state index contributed by atoms with van der Waals surface area (Å²) in [5.74, 6) is -2.07. The number of carbonyl (C=O) groups excluding carboxylic acids is 2. The van der Waals surface area contributed by atoms with Crippen LogP contribution in [0, 0.1) is 11.6 Å². The highest BCUT2D eigenvalue weighted by atomic mass is 19.1. The second-order valence-electron chi connectivity index (χ2n) is 6.13. The van der Waals surface area contributed by atoms with Gasteiger partial charge >= 0.3 is 0 Å². The lowest BCUT2D eigenvalue weighted by atomic mass is 10.0. The van der Waals surface area contributed by atoms with Gasteiger partial charge in [0.05, 0.1) is 5.56 Å². The number of benzene rings is 1. The number of carbonyl (C=O) groups is 2. The summed E-state index contributed by atoms with van der Waals surface area (Å²) in [4.78, 5) is 27.5. The molecule has 1 unspecified atom stereocenters. The topological polar surface area (TPSA) is 52.7 Å². The third-order valence-electron chi connectivity index (χ3n) is 4.13. The molecule has 1 aromatic rings. The Kier molecular flexibility index (Phi) is 6.25. The minimum absolute atomic E-state index is 0.00808. The standard InChI is InChI=1S/C17H23F2N3O2/c1-21(2)16(15-12(18)6-5-7-13(15)19)17(24)20-9-8-14(23)22-10-3-4-11-22/h5-7,16H,3-4,8-11H2,1-2H3,(H,20,24). The largest absolute Gasteiger partial charge is 0.354 e. The Bertz CT molecular complexity index is 581. The molecule has 1 aliphatic rings. The number of amides is 2. The number of hydrogen-bond acceptors (Lipinski definition) is 3. The molecule has 0 radical (unpaired) electrons. The molecule has 0 aromatic heterocycles. The number of rotatable bonds is 6. The summed E-state index contributed by atoms with van der Waals surface area (Å²) in [7, 11) is 3.15. The van der Waals surface area contributed by atoms with Crippen molar-refractivity contribution >= 4 is 11.8 Å². The molecule has 0 spiro atoms. The van der Waals surface area contributed by atoms with E-state index in [1.807, 2.05) is 0 Å². The third-order valence-corrected chi connectivity index (χ3v) is 4.13. The van der Waals surface area contributed by atoms with Gasteiger partial charge in [-0.1, -0.05) is 6.07 Å². The summed E-state index contributed by atoms with van der Waals surface area (Å²) in [6.07, 6.45) is 2.20. The maximum absolute atomic E-state index is 14.0. The fraction of sp³-hybridized carbons (Fsp3) is 0.529. The lowest BCUT2D eigenvalue weighted by Gasteiger charge is -2.24. The van der Waals surface area contributed by atoms with E-state index < -0.39 is 23.6 Å². The average molecular weight is 339 g/mol. The molecule has 2 rings (SSSR count). The maximum Gasteiger partial charge on any atom is 0.242 e. The molecule has 1 fully saturated rings. The van der Waals surface area contributed by atoms with E-state index in [1.165, 1.54) is 11.0 Å². The van der Waals surface area contributed by atoms with Crippen LogP contribution in [0.2, 0.25) is 0 Å². The van der Waals surface area contributed by atoms with Crippen LogP contribution in [0.3, 0.4) is 0 Å². The number of nitrogens with zero attached hydrogens (tertiary/aromatic N) is 2. The SMILES string of the molecule is CN(C)C(C(=O)NCCC(=O)N1CCCC1)c1c(F)cccc1F. The molecule has 1 atom stereocenters. The molecule has 7 heteroatoms. The van der Waals surface area contributed by atoms with Crippen LogP contribution in [0.5, 0.6) is 0 Å². The zero-order chi connectivity index (χ0) is 17.7. The second kappa shape index (κ2) is 8.19. The van der Waals surface area contributed by atoms with E-state index in [4.69, 9.17) is 0 Å². The van der Waals surface area contributed by atoms with Crippen molar-refractivity contribution in [3.8, 4) is 0 Å². The van der Waals surface area contributed by atoms with Crippen LogP contribution in [0.25, 0.3) is 0 Å². The monoisotopic (exact) mass is 339 g/mol. The first-order valence-corrected chi connectivity index (χ1v) is 8.07. The Morgan fingerprint density at radius 3 is 2.33 bits per heavy atom. The van der Waals surface area contributed by atoms with E-state index in [0.29, 0.717) is 0 Å². The highest BCUT2D eigenvalue weighted by Crippen LogP contribution is 2.24. The molecule has 132 valence electrons. The van der Waals surface area contributed by atoms with E-state index in [0.717, 1.165) is 38.1 Å². The van der Waals surface area contributed by atoms with Crippen LogP contribution < -0.4 is 5.32 Å². The minimum Gasteiger partial charge on any atom is -0.354 e. The van der Waals surface area contributed by atoms with Gasteiger partial charge in [0, 0.05) is 26.1 Å². The van der Waals surface area contributed by atoms with Gasteiger partial charge in [-0.25, -0.2) is 8.78 Å². The molecule has 0 aliphatic carbocycles. The van der Waals surface area contributed by atoms with Crippen LogP contribution in [0.4, 0.5) is 8.78 Å². The summed E-state index contributed by atoms with van der Waals surface area (Å²) in [5, 5.41) is 2.61. The Balaban J connectivity index is 1.98. The Labute approximate surface area is 140 Å². The van der Waals surface area contributed by atoms with Gasteiger partial charge in [0.25, 0.3) is 0 Å². The van der Waals surface area contributed by atoms with Gasteiger partial charge in [-0.05, 0) is 39.1 Å². The van der Waals surface area contributed by atoms with Gasteiger partial charge in [0.15, 0.2) is 0 Å². The number of nitrogens with one attached hydrogen (secondary N) is 1. The van der Waals surface area contributed by atoms with Crippen molar-refractivity contribution in [2.75, 3.05) is 33.7 Å². The molecule has 1 aromatic carbocycles. The molecular weight excluding hydrogens is 316 g/mol. The van der Waals surface area contributed by atoms with Gasteiger partial charge in [-0.3, -0.25) is 14.5 Å². The number of likely N-dealkylation sites (tertiary alicyclic amines) is 1. The quantitative estimate of drug-likeness (QED) is 0.858. The summed E-state index contributed by atoms with van der Waals surface area (Å²) >= 11 is 0. The average Bonchev–Trinajstić information content (AvgIpc) is 3.04. The van der Waals surface area contributed by atoms with Crippen molar-refractivity contribution in [1.29, 1.82) is 0 Å². The first-order valence-electron chi connectivity index (χ1n) is 8.07. The lowest BCUT2D eigenvalue weighted by Crippen LogP contribution is -2.40. The normalized spacial score (nSPS) is 15.6. The Morgan fingerprint density at radius 2 is 1.79 bits per heavy atom. The van der Waals surface area contributed by atoms with Gasteiger partial charge < -0.3 is 10.2 Å². The fourth-order valence-electron chi connectivity index (χ4n) is 2.91. The molecular formula is C17H23F2N3O2. The number of likely N-dealkylation sites (N-methyl/N-ethyl adjacent to an activating group) is 1. The minimum atomic E-state index is -1.09.